The minimum atomic E-state index is -5.02. The van der Waals surface area contributed by atoms with Crippen LogP contribution in [0.3, 0.4) is 0 Å². The quantitative estimate of drug-likeness (QED) is 0.177. The van der Waals surface area contributed by atoms with Crippen molar-refractivity contribution >= 4 is 20.8 Å². The summed E-state index contributed by atoms with van der Waals surface area (Å²) in [5, 5.41) is 0. The topological polar surface area (TPSA) is 134 Å². The molecule has 0 amide bonds. The first-order chi connectivity index (χ1) is 13.0. The van der Waals surface area contributed by atoms with Crippen LogP contribution in [0.5, 0.6) is 0 Å². The molecule has 1 aliphatic heterocycles. The largest absolute Gasteiger partial charge is 0.425 e. The summed E-state index contributed by atoms with van der Waals surface area (Å²) in [5.74, 6) is 0. The van der Waals surface area contributed by atoms with Crippen LogP contribution < -0.4 is 0 Å². The summed E-state index contributed by atoms with van der Waals surface area (Å²) in [4.78, 5) is 4.64. The summed E-state index contributed by atoms with van der Waals surface area (Å²) in [6.45, 7) is 4.60. The van der Waals surface area contributed by atoms with Gasteiger partial charge in [-0.1, -0.05) is 73.4 Å². The van der Waals surface area contributed by atoms with Gasteiger partial charge in [-0.15, -0.1) is 0 Å². The highest BCUT2D eigenvalue weighted by molar-refractivity contribution is 7.83. The number of nitrogens with zero attached hydrogens (tertiary/aromatic N) is 2. The standard InChI is InChI=1S/C16H32N2.H2O8S2/c1-3-4-5-6-7-8-9-10-11-12-13-18-15-14-17(2)16-18;1-9(2,3)7-8-10(4,5)6/h14-15H,3-13,16H2,1-2H3;(H,1,2,3)(H,4,5,6). The van der Waals surface area contributed by atoms with E-state index in [-0.39, 0.29) is 0 Å². The van der Waals surface area contributed by atoms with Crippen molar-refractivity contribution in [1.29, 1.82) is 0 Å². The second-order valence-corrected chi connectivity index (χ2v) is 8.67. The molecule has 168 valence electrons. The molecule has 0 aliphatic carbocycles. The van der Waals surface area contributed by atoms with Crippen LogP contribution in [0, 0.1) is 0 Å². The molecule has 0 aromatic carbocycles. The SMILES string of the molecule is CCCCCCCCCCCCN1C=CN(C)C1.O=S(=O)(O)OOS(=O)(=O)O. The number of hydrogen-bond acceptors (Lipinski definition) is 8. The minimum Gasteiger partial charge on any atom is -0.362 e. The van der Waals surface area contributed by atoms with E-state index in [0.29, 0.717) is 0 Å². The van der Waals surface area contributed by atoms with Crippen LogP contribution in [0.15, 0.2) is 12.4 Å². The molecule has 0 aromatic rings. The van der Waals surface area contributed by atoms with Crippen molar-refractivity contribution < 1.29 is 34.6 Å². The molecule has 0 unspecified atom stereocenters. The van der Waals surface area contributed by atoms with Crippen LogP contribution in [0.4, 0.5) is 0 Å². The lowest BCUT2D eigenvalue weighted by Crippen LogP contribution is -2.23. The van der Waals surface area contributed by atoms with E-state index in [0.717, 1.165) is 6.67 Å². The van der Waals surface area contributed by atoms with Gasteiger partial charge in [-0.05, 0) is 6.42 Å². The first kappa shape index (κ1) is 27.1. The molecule has 12 heteroatoms. The average Bonchev–Trinajstić information content (AvgIpc) is 2.99. The number of rotatable bonds is 14. The third-order valence-corrected chi connectivity index (χ3v) is 4.50. The zero-order valence-corrected chi connectivity index (χ0v) is 18.3. The van der Waals surface area contributed by atoms with Crippen LogP contribution in [0.25, 0.3) is 0 Å². The molecule has 0 bridgehead atoms. The Kier molecular flexibility index (Phi) is 14.5. The van der Waals surface area contributed by atoms with E-state index in [1.54, 1.807) is 0 Å². The van der Waals surface area contributed by atoms with Crippen molar-refractivity contribution in [3.05, 3.63) is 12.4 Å². The summed E-state index contributed by atoms with van der Waals surface area (Å²) in [6.07, 6.45) is 18.6. The molecule has 0 saturated carbocycles. The van der Waals surface area contributed by atoms with Crippen LogP contribution in [0.1, 0.15) is 71.1 Å². The number of unbranched alkanes of at least 4 members (excludes halogenated alkanes) is 9. The van der Waals surface area contributed by atoms with Gasteiger partial charge in [-0.3, -0.25) is 9.11 Å². The summed E-state index contributed by atoms with van der Waals surface area (Å²) < 4.78 is 58.9. The summed E-state index contributed by atoms with van der Waals surface area (Å²) in [7, 11) is -7.90. The summed E-state index contributed by atoms with van der Waals surface area (Å²) >= 11 is 0. The third kappa shape index (κ3) is 19.8. The van der Waals surface area contributed by atoms with Gasteiger partial charge in [0.1, 0.15) is 0 Å². The highest BCUT2D eigenvalue weighted by atomic mass is 32.3. The first-order valence-corrected chi connectivity index (χ1v) is 12.2. The monoisotopic (exact) mass is 446 g/mol. The molecule has 0 saturated heterocycles. The fourth-order valence-corrected chi connectivity index (χ4v) is 3.17. The Morgan fingerprint density at radius 3 is 1.57 bits per heavy atom. The smallest absolute Gasteiger partial charge is 0.362 e. The molecule has 2 N–H and O–H groups in total. The van der Waals surface area contributed by atoms with E-state index in [1.165, 1.54) is 70.8 Å². The lowest BCUT2D eigenvalue weighted by atomic mass is 10.1. The van der Waals surface area contributed by atoms with Gasteiger partial charge in [0, 0.05) is 26.0 Å². The second kappa shape index (κ2) is 15.0. The summed E-state index contributed by atoms with van der Waals surface area (Å²) in [6, 6.07) is 0. The van der Waals surface area contributed by atoms with E-state index in [1.807, 2.05) is 0 Å². The van der Waals surface area contributed by atoms with Crippen molar-refractivity contribution in [3.8, 4) is 0 Å². The van der Waals surface area contributed by atoms with Gasteiger partial charge >= 0.3 is 20.8 Å². The molecule has 1 heterocycles. The third-order valence-electron chi connectivity index (χ3n) is 3.94. The van der Waals surface area contributed by atoms with Crippen LogP contribution in [-0.4, -0.2) is 56.0 Å². The Bertz CT molecular complexity index is 591. The Morgan fingerprint density at radius 2 is 1.21 bits per heavy atom. The van der Waals surface area contributed by atoms with Crippen molar-refractivity contribution in [2.24, 2.45) is 0 Å². The molecule has 28 heavy (non-hydrogen) atoms. The molecule has 1 aliphatic rings. The molecule has 1 rings (SSSR count). The highest BCUT2D eigenvalue weighted by Crippen LogP contribution is 2.11. The first-order valence-electron chi connectivity index (χ1n) is 9.48. The maximum atomic E-state index is 9.51. The molecule has 0 radical (unpaired) electrons. The van der Waals surface area contributed by atoms with Gasteiger partial charge in [-0.25, -0.2) is 0 Å². The van der Waals surface area contributed by atoms with Gasteiger partial charge in [-0.2, -0.15) is 16.8 Å². The predicted octanol–water partition coefficient (Wildman–Crippen LogP) is 3.12. The fourth-order valence-electron chi connectivity index (χ4n) is 2.61. The zero-order chi connectivity index (χ0) is 21.5. The van der Waals surface area contributed by atoms with Gasteiger partial charge in [0.25, 0.3) is 0 Å². The molecule has 0 atom stereocenters. The van der Waals surface area contributed by atoms with Gasteiger partial charge < -0.3 is 9.80 Å². The van der Waals surface area contributed by atoms with E-state index >= 15 is 0 Å². The maximum Gasteiger partial charge on any atom is 0.425 e. The van der Waals surface area contributed by atoms with Gasteiger partial charge in [0.15, 0.2) is 0 Å². The highest BCUT2D eigenvalue weighted by Gasteiger charge is 2.13. The lowest BCUT2D eigenvalue weighted by Gasteiger charge is -2.17. The summed E-state index contributed by atoms with van der Waals surface area (Å²) in [5.41, 5.74) is 0. The second-order valence-electron chi connectivity index (χ2n) is 6.68. The molecule has 0 spiro atoms. The maximum absolute atomic E-state index is 9.51. The van der Waals surface area contributed by atoms with Gasteiger partial charge in [0.2, 0.25) is 0 Å². The van der Waals surface area contributed by atoms with Gasteiger partial charge in [0.05, 0.1) is 6.67 Å². The molecule has 0 aromatic heterocycles. The average molecular weight is 447 g/mol. The minimum absolute atomic E-state index is 1.08. The Balaban J connectivity index is 0.000000621. The van der Waals surface area contributed by atoms with Crippen LogP contribution in [0.2, 0.25) is 0 Å². The Morgan fingerprint density at radius 1 is 0.786 bits per heavy atom. The molecular formula is C16H34N2O8S2. The van der Waals surface area contributed by atoms with E-state index in [2.05, 4.69) is 44.8 Å². The molecule has 0 fully saturated rings. The number of hydrogen-bond donors (Lipinski definition) is 2. The van der Waals surface area contributed by atoms with E-state index in [9.17, 15) is 16.8 Å². The van der Waals surface area contributed by atoms with Crippen molar-refractivity contribution in [1.82, 2.24) is 9.80 Å². The van der Waals surface area contributed by atoms with Crippen molar-refractivity contribution in [2.75, 3.05) is 20.3 Å². The van der Waals surface area contributed by atoms with Crippen LogP contribution in [-0.2, 0) is 29.5 Å². The van der Waals surface area contributed by atoms with Crippen LogP contribution >= 0.6 is 0 Å². The lowest BCUT2D eigenvalue weighted by molar-refractivity contribution is -0.105. The van der Waals surface area contributed by atoms with E-state index in [4.69, 9.17) is 9.11 Å². The molecule has 10 nitrogen and oxygen atoms in total. The Hall–Kier alpha value is -0.920. The fraction of sp³-hybridized carbons (Fsp3) is 0.875. The van der Waals surface area contributed by atoms with Crippen molar-refractivity contribution in [3.63, 3.8) is 0 Å². The zero-order valence-electron chi connectivity index (χ0n) is 16.7. The molecular weight excluding hydrogens is 412 g/mol. The van der Waals surface area contributed by atoms with Crippen molar-refractivity contribution in [2.45, 2.75) is 71.1 Å². The van der Waals surface area contributed by atoms with E-state index < -0.39 is 20.8 Å². The normalized spacial score (nSPS) is 14.3. The Labute approximate surface area is 169 Å². The predicted molar refractivity (Wildman–Crippen MR) is 106 cm³/mol.